The molecule has 0 saturated carbocycles. The Kier molecular flexibility index (Phi) is 3.80. The van der Waals surface area contributed by atoms with Gasteiger partial charge in [0, 0.05) is 12.1 Å². The van der Waals surface area contributed by atoms with Crippen LogP contribution in [0.3, 0.4) is 0 Å². The van der Waals surface area contributed by atoms with Gasteiger partial charge in [-0.25, -0.2) is 4.79 Å². The molecule has 0 amide bonds. The quantitative estimate of drug-likeness (QED) is 0.519. The maximum Gasteiger partial charge on any atom is 0.335 e. The number of hydrogen-bond acceptors (Lipinski definition) is 5. The van der Waals surface area contributed by atoms with Gasteiger partial charge in [0.2, 0.25) is 0 Å². The summed E-state index contributed by atoms with van der Waals surface area (Å²) in [5, 5.41) is 27.0. The summed E-state index contributed by atoms with van der Waals surface area (Å²) in [5.41, 5.74) is 1.11. The first-order valence-electron chi connectivity index (χ1n) is 5.56. The molecule has 0 saturated heterocycles. The minimum absolute atomic E-state index is 0.0187. The number of carboxylic acid groups (broad SMARTS) is 1. The monoisotopic (exact) mass is 271 g/mol. The first kappa shape index (κ1) is 13.3. The van der Waals surface area contributed by atoms with Crippen LogP contribution in [0.15, 0.2) is 58.8 Å². The summed E-state index contributed by atoms with van der Waals surface area (Å²) in [6, 6.07) is 11.5. The van der Waals surface area contributed by atoms with Crippen LogP contribution in [0.4, 0.5) is 17.1 Å². The average molecular weight is 271 g/mol. The zero-order chi connectivity index (χ0) is 14.5. The highest BCUT2D eigenvalue weighted by atomic mass is 16.6. The third kappa shape index (κ3) is 3.22. The number of non-ortho nitro benzene ring substituents is 1. The Morgan fingerprint density at radius 3 is 1.80 bits per heavy atom. The molecule has 0 aliphatic rings. The van der Waals surface area contributed by atoms with Crippen molar-refractivity contribution < 1.29 is 14.8 Å². The molecule has 2 rings (SSSR count). The van der Waals surface area contributed by atoms with Crippen molar-refractivity contribution in [3.8, 4) is 0 Å². The van der Waals surface area contributed by atoms with E-state index in [4.69, 9.17) is 5.11 Å². The number of aromatic carboxylic acids is 1. The van der Waals surface area contributed by atoms with E-state index in [-0.39, 0.29) is 11.3 Å². The fraction of sp³-hybridized carbons (Fsp3) is 0. The lowest BCUT2D eigenvalue weighted by Crippen LogP contribution is -1.93. The lowest BCUT2D eigenvalue weighted by molar-refractivity contribution is -0.384. The molecule has 7 nitrogen and oxygen atoms in total. The zero-order valence-corrected chi connectivity index (χ0v) is 10.1. The summed E-state index contributed by atoms with van der Waals surface area (Å²) in [7, 11) is 0. The number of carboxylic acids is 1. The van der Waals surface area contributed by atoms with E-state index >= 15 is 0 Å². The highest BCUT2D eigenvalue weighted by molar-refractivity contribution is 5.87. The van der Waals surface area contributed by atoms with Gasteiger partial charge in [0.05, 0.1) is 21.9 Å². The summed E-state index contributed by atoms with van der Waals surface area (Å²) in [4.78, 5) is 20.7. The van der Waals surface area contributed by atoms with Gasteiger partial charge in [-0.2, -0.15) is 10.2 Å². The molecular formula is C13H9N3O4. The van der Waals surface area contributed by atoms with Gasteiger partial charge in [-0.05, 0) is 36.4 Å². The number of azo groups is 1. The summed E-state index contributed by atoms with van der Waals surface area (Å²) in [6.45, 7) is 0. The van der Waals surface area contributed by atoms with Crippen molar-refractivity contribution >= 4 is 23.0 Å². The van der Waals surface area contributed by atoms with Crippen molar-refractivity contribution in [1.82, 2.24) is 0 Å². The first-order valence-corrected chi connectivity index (χ1v) is 5.56. The Bertz CT molecular complexity index is 604. The van der Waals surface area contributed by atoms with Crippen molar-refractivity contribution in [2.24, 2.45) is 10.2 Å². The van der Waals surface area contributed by atoms with Gasteiger partial charge in [-0.1, -0.05) is 0 Å². The molecular weight excluding hydrogens is 262 g/mol. The molecule has 20 heavy (non-hydrogen) atoms. The molecule has 0 atom stereocenters. The Morgan fingerprint density at radius 1 is 0.950 bits per heavy atom. The zero-order valence-electron chi connectivity index (χ0n) is 10.1. The molecule has 2 aromatic carbocycles. The van der Waals surface area contributed by atoms with E-state index in [2.05, 4.69) is 10.2 Å². The number of nitrogens with zero attached hydrogens (tertiary/aromatic N) is 3. The molecule has 0 aliphatic carbocycles. The lowest BCUT2D eigenvalue weighted by Gasteiger charge is -1.95. The van der Waals surface area contributed by atoms with Gasteiger partial charge in [0.15, 0.2) is 0 Å². The van der Waals surface area contributed by atoms with Crippen LogP contribution in [0.25, 0.3) is 0 Å². The van der Waals surface area contributed by atoms with E-state index in [1.807, 2.05) is 0 Å². The summed E-state index contributed by atoms with van der Waals surface area (Å²) >= 11 is 0. The number of nitro benzene ring substituents is 1. The second kappa shape index (κ2) is 5.70. The van der Waals surface area contributed by atoms with E-state index in [1.54, 1.807) is 0 Å². The predicted molar refractivity (Wildman–Crippen MR) is 70.7 cm³/mol. The van der Waals surface area contributed by atoms with Crippen LogP contribution in [0.5, 0.6) is 0 Å². The standard InChI is InChI=1S/C13H9N3O4/c17-13(18)9-1-3-10(4-2-9)14-15-11-5-7-12(8-6-11)16(19)20/h1-8H,(H,17,18)/b15-14+. The normalized spacial score (nSPS) is 10.6. The maximum absolute atomic E-state index is 10.7. The highest BCUT2D eigenvalue weighted by Gasteiger charge is 2.03. The molecule has 0 radical (unpaired) electrons. The molecule has 0 bridgehead atoms. The predicted octanol–water partition coefficient (Wildman–Crippen LogP) is 3.71. The fourth-order valence-electron chi connectivity index (χ4n) is 1.43. The number of hydrogen-bond donors (Lipinski definition) is 1. The number of carbonyl (C=O) groups is 1. The van der Waals surface area contributed by atoms with Crippen molar-refractivity contribution in [3.05, 3.63) is 64.2 Å². The minimum atomic E-state index is -1.01. The molecule has 2 aromatic rings. The second-order valence-corrected chi connectivity index (χ2v) is 3.83. The van der Waals surface area contributed by atoms with E-state index in [9.17, 15) is 14.9 Å². The Morgan fingerprint density at radius 2 is 1.40 bits per heavy atom. The summed E-state index contributed by atoms with van der Waals surface area (Å²) in [5.74, 6) is -1.01. The molecule has 0 unspecified atom stereocenters. The number of nitro groups is 1. The van der Waals surface area contributed by atoms with Gasteiger partial charge >= 0.3 is 5.97 Å². The molecule has 1 N–H and O–H groups in total. The van der Waals surface area contributed by atoms with Crippen LogP contribution < -0.4 is 0 Å². The third-order valence-corrected chi connectivity index (χ3v) is 2.46. The molecule has 0 fully saturated rings. The Hall–Kier alpha value is -3.09. The van der Waals surface area contributed by atoms with E-state index in [1.165, 1.54) is 48.5 Å². The van der Waals surface area contributed by atoms with Crippen molar-refractivity contribution in [2.45, 2.75) is 0 Å². The van der Waals surface area contributed by atoms with Crippen LogP contribution in [0.2, 0.25) is 0 Å². The minimum Gasteiger partial charge on any atom is -0.478 e. The van der Waals surface area contributed by atoms with Crippen LogP contribution in [-0.2, 0) is 0 Å². The topological polar surface area (TPSA) is 105 Å². The second-order valence-electron chi connectivity index (χ2n) is 3.83. The van der Waals surface area contributed by atoms with Crippen LogP contribution in [0, 0.1) is 10.1 Å². The van der Waals surface area contributed by atoms with Gasteiger partial charge in [-0.15, -0.1) is 0 Å². The van der Waals surface area contributed by atoms with Crippen molar-refractivity contribution in [1.29, 1.82) is 0 Å². The van der Waals surface area contributed by atoms with E-state index in [0.29, 0.717) is 11.4 Å². The summed E-state index contributed by atoms with van der Waals surface area (Å²) < 4.78 is 0. The average Bonchev–Trinajstić information content (AvgIpc) is 2.46. The smallest absolute Gasteiger partial charge is 0.335 e. The van der Waals surface area contributed by atoms with Crippen molar-refractivity contribution in [2.75, 3.05) is 0 Å². The van der Waals surface area contributed by atoms with E-state index in [0.717, 1.165) is 0 Å². The largest absolute Gasteiger partial charge is 0.478 e. The van der Waals surface area contributed by atoms with Gasteiger partial charge in [-0.3, -0.25) is 10.1 Å². The first-order chi connectivity index (χ1) is 9.56. The molecule has 0 heterocycles. The number of benzene rings is 2. The van der Waals surface area contributed by atoms with Crippen LogP contribution in [0.1, 0.15) is 10.4 Å². The molecule has 0 spiro atoms. The van der Waals surface area contributed by atoms with E-state index < -0.39 is 10.9 Å². The molecule has 0 aromatic heterocycles. The van der Waals surface area contributed by atoms with Gasteiger partial charge in [0.25, 0.3) is 5.69 Å². The highest BCUT2D eigenvalue weighted by Crippen LogP contribution is 2.21. The van der Waals surface area contributed by atoms with Gasteiger partial charge in [0.1, 0.15) is 0 Å². The Labute approximate surface area is 113 Å². The molecule has 7 heteroatoms. The summed E-state index contributed by atoms with van der Waals surface area (Å²) in [6.07, 6.45) is 0. The Balaban J connectivity index is 2.12. The molecule has 0 aliphatic heterocycles. The van der Waals surface area contributed by atoms with Gasteiger partial charge < -0.3 is 5.11 Å². The van der Waals surface area contributed by atoms with Crippen molar-refractivity contribution in [3.63, 3.8) is 0 Å². The number of rotatable bonds is 4. The van der Waals surface area contributed by atoms with Crippen LogP contribution >= 0.6 is 0 Å². The van der Waals surface area contributed by atoms with Crippen LogP contribution in [-0.4, -0.2) is 16.0 Å². The SMILES string of the molecule is O=C(O)c1ccc(/N=N/c2ccc([N+](=O)[O-])cc2)cc1. The molecule has 100 valence electrons. The maximum atomic E-state index is 10.7. The lowest BCUT2D eigenvalue weighted by atomic mass is 10.2. The fourth-order valence-corrected chi connectivity index (χ4v) is 1.43. The third-order valence-electron chi connectivity index (χ3n) is 2.46.